The van der Waals surface area contributed by atoms with E-state index in [1.54, 1.807) is 31.2 Å². The van der Waals surface area contributed by atoms with Crippen LogP contribution in [0.5, 0.6) is 0 Å². The molecule has 0 spiro atoms. The van der Waals surface area contributed by atoms with Crippen LogP contribution in [0.15, 0.2) is 42.5 Å². The molecule has 2 aromatic rings. The Morgan fingerprint density at radius 1 is 1.14 bits per heavy atom. The minimum atomic E-state index is -1.02. The van der Waals surface area contributed by atoms with Crippen LogP contribution in [-0.2, 0) is 11.4 Å². The van der Waals surface area contributed by atoms with Gasteiger partial charge in [-0.05, 0) is 36.8 Å². The van der Waals surface area contributed by atoms with Crippen molar-refractivity contribution < 1.29 is 18.7 Å². The third-order valence-corrected chi connectivity index (χ3v) is 3.07. The van der Waals surface area contributed by atoms with Gasteiger partial charge in [-0.25, -0.2) is 8.78 Å². The van der Waals surface area contributed by atoms with Gasteiger partial charge >= 0.3 is 0 Å². The first kappa shape index (κ1) is 15.9. The van der Waals surface area contributed by atoms with E-state index in [1.165, 1.54) is 6.07 Å². The van der Waals surface area contributed by atoms with Gasteiger partial charge in [-0.2, -0.15) is 0 Å². The quantitative estimate of drug-likeness (QED) is 0.796. The number of aliphatic hydroxyl groups is 1. The number of benzene rings is 2. The molecule has 2 aromatic carbocycles. The minimum Gasteiger partial charge on any atom is -0.392 e. The van der Waals surface area contributed by atoms with Crippen LogP contribution in [0, 0.1) is 11.6 Å². The molecule has 0 fully saturated rings. The summed E-state index contributed by atoms with van der Waals surface area (Å²) in [6.07, 6.45) is 0. The molecule has 0 heterocycles. The summed E-state index contributed by atoms with van der Waals surface area (Å²) in [6.45, 7) is 1.55. The van der Waals surface area contributed by atoms with Crippen LogP contribution < -0.4 is 10.6 Å². The Kier molecular flexibility index (Phi) is 5.06. The second kappa shape index (κ2) is 7.00. The van der Waals surface area contributed by atoms with Crippen LogP contribution in [0.4, 0.5) is 20.2 Å². The molecule has 22 heavy (non-hydrogen) atoms. The third kappa shape index (κ3) is 4.02. The van der Waals surface area contributed by atoms with E-state index in [1.807, 2.05) is 0 Å². The zero-order valence-electron chi connectivity index (χ0n) is 11.9. The zero-order valence-corrected chi connectivity index (χ0v) is 11.9. The SMILES string of the molecule is CC(Nc1cccc(CO)c1)C(=O)Nc1ccc(F)c(F)c1. The minimum absolute atomic E-state index is 0.0923. The van der Waals surface area contributed by atoms with Gasteiger partial charge in [-0.15, -0.1) is 0 Å². The number of amides is 1. The summed E-state index contributed by atoms with van der Waals surface area (Å²) < 4.78 is 25.9. The largest absolute Gasteiger partial charge is 0.392 e. The molecule has 1 amide bonds. The second-order valence-electron chi connectivity index (χ2n) is 4.84. The fourth-order valence-corrected chi connectivity index (χ4v) is 1.90. The lowest BCUT2D eigenvalue weighted by Gasteiger charge is -2.16. The number of carbonyl (C=O) groups excluding carboxylic acids is 1. The van der Waals surface area contributed by atoms with Gasteiger partial charge in [0.05, 0.1) is 6.61 Å². The fourth-order valence-electron chi connectivity index (χ4n) is 1.90. The van der Waals surface area contributed by atoms with E-state index in [-0.39, 0.29) is 18.2 Å². The monoisotopic (exact) mass is 306 g/mol. The molecule has 0 aliphatic rings. The Bertz CT molecular complexity index is 677. The molecule has 2 rings (SSSR count). The van der Waals surface area contributed by atoms with E-state index in [4.69, 9.17) is 5.11 Å². The normalized spacial score (nSPS) is 11.8. The van der Waals surface area contributed by atoms with E-state index in [9.17, 15) is 13.6 Å². The van der Waals surface area contributed by atoms with Crippen LogP contribution in [-0.4, -0.2) is 17.1 Å². The Labute approximate surface area is 126 Å². The summed E-state index contributed by atoms with van der Waals surface area (Å²) in [5, 5.41) is 14.5. The lowest BCUT2D eigenvalue weighted by Crippen LogP contribution is -2.31. The Morgan fingerprint density at radius 3 is 2.59 bits per heavy atom. The third-order valence-electron chi connectivity index (χ3n) is 3.07. The summed E-state index contributed by atoms with van der Waals surface area (Å²) in [5.74, 6) is -2.38. The summed E-state index contributed by atoms with van der Waals surface area (Å²) in [4.78, 5) is 12.0. The standard InChI is InChI=1S/C16H16F2N2O2/c1-10(19-12-4-2-3-11(7-12)9-21)16(22)20-13-5-6-14(17)15(18)8-13/h2-8,10,19,21H,9H2,1H3,(H,20,22). The number of anilines is 2. The van der Waals surface area contributed by atoms with Gasteiger partial charge in [0, 0.05) is 17.4 Å². The van der Waals surface area contributed by atoms with Gasteiger partial charge in [0.15, 0.2) is 11.6 Å². The van der Waals surface area contributed by atoms with Crippen LogP contribution in [0.2, 0.25) is 0 Å². The van der Waals surface area contributed by atoms with E-state index in [0.29, 0.717) is 5.69 Å². The maximum atomic E-state index is 13.1. The topological polar surface area (TPSA) is 61.4 Å². The van der Waals surface area contributed by atoms with Crippen molar-refractivity contribution >= 4 is 17.3 Å². The number of aliphatic hydroxyl groups excluding tert-OH is 1. The second-order valence-corrected chi connectivity index (χ2v) is 4.84. The summed E-state index contributed by atoms with van der Waals surface area (Å²) >= 11 is 0. The molecule has 0 radical (unpaired) electrons. The Hall–Kier alpha value is -2.47. The van der Waals surface area contributed by atoms with Crippen molar-refractivity contribution in [1.82, 2.24) is 0 Å². The molecule has 1 atom stereocenters. The number of carbonyl (C=O) groups is 1. The highest BCUT2D eigenvalue weighted by Crippen LogP contribution is 2.15. The van der Waals surface area contributed by atoms with E-state index in [2.05, 4.69) is 10.6 Å². The highest BCUT2D eigenvalue weighted by Gasteiger charge is 2.14. The average Bonchev–Trinajstić information content (AvgIpc) is 2.51. The van der Waals surface area contributed by atoms with E-state index >= 15 is 0 Å². The van der Waals surface area contributed by atoms with Gasteiger partial charge in [0.2, 0.25) is 5.91 Å². The van der Waals surface area contributed by atoms with Crippen molar-refractivity contribution in [2.24, 2.45) is 0 Å². The molecule has 0 aromatic heterocycles. The number of nitrogens with one attached hydrogen (secondary N) is 2. The maximum Gasteiger partial charge on any atom is 0.246 e. The molecule has 4 nitrogen and oxygen atoms in total. The smallest absolute Gasteiger partial charge is 0.246 e. The van der Waals surface area contributed by atoms with E-state index in [0.717, 1.165) is 17.7 Å². The molecule has 0 bridgehead atoms. The lowest BCUT2D eigenvalue weighted by atomic mass is 10.2. The molecule has 3 N–H and O–H groups in total. The number of halogens is 2. The highest BCUT2D eigenvalue weighted by atomic mass is 19.2. The first-order valence-corrected chi connectivity index (χ1v) is 6.72. The molecule has 0 saturated carbocycles. The number of hydrogen-bond acceptors (Lipinski definition) is 3. The predicted molar refractivity (Wildman–Crippen MR) is 80.4 cm³/mol. The van der Waals surface area contributed by atoms with Crippen molar-refractivity contribution in [2.75, 3.05) is 10.6 Å². The van der Waals surface area contributed by atoms with Crippen molar-refractivity contribution in [3.63, 3.8) is 0 Å². The van der Waals surface area contributed by atoms with Crippen molar-refractivity contribution in [1.29, 1.82) is 0 Å². The molecule has 0 aliphatic carbocycles. The summed E-state index contributed by atoms with van der Waals surface area (Å²) in [6, 6.07) is 9.57. The van der Waals surface area contributed by atoms with Gasteiger partial charge in [0.1, 0.15) is 6.04 Å². The van der Waals surface area contributed by atoms with Crippen LogP contribution in [0.1, 0.15) is 12.5 Å². The maximum absolute atomic E-state index is 13.1. The van der Waals surface area contributed by atoms with Crippen molar-refractivity contribution in [3.05, 3.63) is 59.7 Å². The van der Waals surface area contributed by atoms with E-state index < -0.39 is 17.7 Å². The molecular weight excluding hydrogens is 290 g/mol. The van der Waals surface area contributed by atoms with Gasteiger partial charge in [0.25, 0.3) is 0 Å². The molecule has 6 heteroatoms. The highest BCUT2D eigenvalue weighted by molar-refractivity contribution is 5.96. The summed E-state index contributed by atoms with van der Waals surface area (Å²) in [5.41, 5.74) is 1.58. The molecule has 0 saturated heterocycles. The van der Waals surface area contributed by atoms with Crippen LogP contribution >= 0.6 is 0 Å². The Morgan fingerprint density at radius 2 is 1.91 bits per heavy atom. The van der Waals surface area contributed by atoms with Gasteiger partial charge in [-0.1, -0.05) is 12.1 Å². The Balaban J connectivity index is 2.00. The predicted octanol–water partition coefficient (Wildman–Crippen LogP) is 2.90. The first-order valence-electron chi connectivity index (χ1n) is 6.72. The zero-order chi connectivity index (χ0) is 16.1. The van der Waals surface area contributed by atoms with Crippen molar-refractivity contribution in [2.45, 2.75) is 19.6 Å². The molecule has 1 unspecified atom stereocenters. The molecular formula is C16H16F2N2O2. The van der Waals surface area contributed by atoms with Crippen LogP contribution in [0.25, 0.3) is 0 Å². The average molecular weight is 306 g/mol. The van der Waals surface area contributed by atoms with Crippen LogP contribution in [0.3, 0.4) is 0 Å². The fraction of sp³-hybridized carbons (Fsp3) is 0.188. The lowest BCUT2D eigenvalue weighted by molar-refractivity contribution is -0.116. The number of rotatable bonds is 5. The van der Waals surface area contributed by atoms with Gasteiger partial charge < -0.3 is 15.7 Å². The summed E-state index contributed by atoms with van der Waals surface area (Å²) in [7, 11) is 0. The number of hydrogen-bond donors (Lipinski definition) is 3. The molecule has 0 aliphatic heterocycles. The molecule has 116 valence electrons. The van der Waals surface area contributed by atoms with Crippen molar-refractivity contribution in [3.8, 4) is 0 Å². The first-order chi connectivity index (χ1) is 10.5. The van der Waals surface area contributed by atoms with Gasteiger partial charge in [-0.3, -0.25) is 4.79 Å².